The van der Waals surface area contributed by atoms with Crippen LogP contribution in [0.15, 0.2) is 53.1 Å². The largest absolute Gasteiger partial charge is 0.478 e. The number of rotatable bonds is 3. The molecule has 1 N–H and O–H groups in total. The number of carbonyl (C=O) groups is 1. The highest BCUT2D eigenvalue weighted by Gasteiger charge is 2.09. The molecule has 0 unspecified atom stereocenters. The Hall–Kier alpha value is -1.78. The fourth-order valence-electron chi connectivity index (χ4n) is 2.32. The molecule has 0 aliphatic rings. The second-order valence-electron chi connectivity index (χ2n) is 4.73. The van der Waals surface area contributed by atoms with Gasteiger partial charge in [0, 0.05) is 33.1 Å². The molecule has 0 fully saturated rings. The van der Waals surface area contributed by atoms with Crippen molar-refractivity contribution < 1.29 is 9.90 Å². The summed E-state index contributed by atoms with van der Waals surface area (Å²) < 4.78 is 2.87. The lowest BCUT2D eigenvalue weighted by molar-refractivity contribution is 0.0697. The van der Waals surface area contributed by atoms with Gasteiger partial charge in [0.15, 0.2) is 0 Å². The third-order valence-electron chi connectivity index (χ3n) is 3.40. The molecule has 0 aliphatic carbocycles. The van der Waals surface area contributed by atoms with Crippen LogP contribution in [-0.4, -0.2) is 15.6 Å². The molecule has 0 aliphatic heterocycles. The molecule has 0 bridgehead atoms. The van der Waals surface area contributed by atoms with Crippen LogP contribution in [0.2, 0.25) is 5.02 Å². The van der Waals surface area contributed by atoms with E-state index in [0.29, 0.717) is 6.54 Å². The molecule has 21 heavy (non-hydrogen) atoms. The van der Waals surface area contributed by atoms with Gasteiger partial charge in [0.2, 0.25) is 0 Å². The summed E-state index contributed by atoms with van der Waals surface area (Å²) in [5, 5.41) is 10.7. The first-order chi connectivity index (χ1) is 10.1. The Balaban J connectivity index is 1.99. The summed E-state index contributed by atoms with van der Waals surface area (Å²) in [5.41, 5.74) is 2.33. The highest BCUT2D eigenvalue weighted by Crippen LogP contribution is 2.26. The molecule has 3 rings (SSSR count). The normalized spacial score (nSPS) is 11.0. The minimum atomic E-state index is -0.930. The van der Waals surface area contributed by atoms with E-state index in [2.05, 4.69) is 20.5 Å². The van der Waals surface area contributed by atoms with Crippen molar-refractivity contribution in [1.29, 1.82) is 0 Å². The third kappa shape index (κ3) is 2.69. The van der Waals surface area contributed by atoms with Crippen LogP contribution in [0.5, 0.6) is 0 Å². The molecule has 0 amide bonds. The van der Waals surface area contributed by atoms with E-state index in [9.17, 15) is 4.79 Å². The summed E-state index contributed by atoms with van der Waals surface area (Å²) in [5.74, 6) is -0.930. The molecule has 106 valence electrons. The fourth-order valence-corrected chi connectivity index (χ4v) is 3.05. The molecule has 0 spiro atoms. The smallest absolute Gasteiger partial charge is 0.335 e. The topological polar surface area (TPSA) is 42.2 Å². The molecule has 0 radical (unpaired) electrons. The van der Waals surface area contributed by atoms with Crippen LogP contribution in [0.3, 0.4) is 0 Å². The van der Waals surface area contributed by atoms with Gasteiger partial charge in [-0.15, -0.1) is 0 Å². The van der Waals surface area contributed by atoms with Gasteiger partial charge in [-0.05, 0) is 35.9 Å². The van der Waals surface area contributed by atoms with Crippen LogP contribution in [0, 0.1) is 0 Å². The van der Waals surface area contributed by atoms with Crippen molar-refractivity contribution in [2.45, 2.75) is 6.54 Å². The van der Waals surface area contributed by atoms with Crippen LogP contribution in [0.4, 0.5) is 0 Å². The van der Waals surface area contributed by atoms with Gasteiger partial charge >= 0.3 is 5.97 Å². The van der Waals surface area contributed by atoms with Gasteiger partial charge in [0.25, 0.3) is 0 Å². The summed E-state index contributed by atoms with van der Waals surface area (Å²) in [4.78, 5) is 11.0. The first kappa shape index (κ1) is 14.2. The number of fused-ring (bicyclic) bond motifs is 1. The predicted octanol–water partition coefficient (Wildman–Crippen LogP) is 4.80. The maximum absolute atomic E-state index is 11.0. The van der Waals surface area contributed by atoms with Crippen molar-refractivity contribution >= 4 is 44.4 Å². The minimum Gasteiger partial charge on any atom is -0.478 e. The van der Waals surface area contributed by atoms with Gasteiger partial charge in [-0.2, -0.15) is 0 Å². The number of carboxylic acids is 1. The zero-order chi connectivity index (χ0) is 15.0. The van der Waals surface area contributed by atoms with Gasteiger partial charge in [0.05, 0.1) is 5.56 Å². The van der Waals surface area contributed by atoms with E-state index in [1.165, 1.54) is 0 Å². The lowest BCUT2D eigenvalue weighted by atomic mass is 10.1. The van der Waals surface area contributed by atoms with Crippen molar-refractivity contribution in [3.05, 3.63) is 69.3 Å². The summed E-state index contributed by atoms with van der Waals surface area (Å²) >= 11 is 9.61. The Morgan fingerprint density at radius 2 is 2.05 bits per heavy atom. The zero-order valence-corrected chi connectivity index (χ0v) is 13.2. The van der Waals surface area contributed by atoms with Gasteiger partial charge in [-0.3, -0.25) is 0 Å². The standard InChI is InChI=1S/C16H11BrClNO2/c17-13-8-10(16(20)21)4-5-11(13)9-19-7-6-12-14(18)2-1-3-15(12)19/h1-8H,9H2,(H,20,21). The molecule has 1 aromatic heterocycles. The third-order valence-corrected chi connectivity index (χ3v) is 4.47. The summed E-state index contributed by atoms with van der Waals surface area (Å²) in [6.45, 7) is 0.643. The summed E-state index contributed by atoms with van der Waals surface area (Å²) in [6.07, 6.45) is 1.98. The van der Waals surface area contributed by atoms with Gasteiger partial charge in [-0.25, -0.2) is 4.79 Å². The van der Waals surface area contributed by atoms with E-state index in [1.807, 2.05) is 36.5 Å². The fraction of sp³-hybridized carbons (Fsp3) is 0.0625. The van der Waals surface area contributed by atoms with Crippen LogP contribution >= 0.6 is 27.5 Å². The van der Waals surface area contributed by atoms with E-state index in [1.54, 1.807) is 12.1 Å². The molecule has 0 saturated heterocycles. The molecule has 0 saturated carbocycles. The lowest BCUT2D eigenvalue weighted by Crippen LogP contribution is -2.01. The van der Waals surface area contributed by atoms with Gasteiger partial charge in [0.1, 0.15) is 0 Å². The maximum atomic E-state index is 11.0. The predicted molar refractivity (Wildman–Crippen MR) is 87.2 cm³/mol. The Morgan fingerprint density at radius 3 is 2.76 bits per heavy atom. The number of aromatic nitrogens is 1. The van der Waals surface area contributed by atoms with Crippen molar-refractivity contribution in [3.8, 4) is 0 Å². The van der Waals surface area contributed by atoms with E-state index < -0.39 is 5.97 Å². The first-order valence-electron chi connectivity index (χ1n) is 6.31. The molecule has 2 aromatic carbocycles. The number of hydrogen-bond donors (Lipinski definition) is 1. The van der Waals surface area contributed by atoms with E-state index >= 15 is 0 Å². The average molecular weight is 365 g/mol. The van der Waals surface area contributed by atoms with Crippen molar-refractivity contribution in [3.63, 3.8) is 0 Å². The van der Waals surface area contributed by atoms with Crippen LogP contribution in [0.1, 0.15) is 15.9 Å². The summed E-state index contributed by atoms with van der Waals surface area (Å²) in [6, 6.07) is 12.8. The summed E-state index contributed by atoms with van der Waals surface area (Å²) in [7, 11) is 0. The number of hydrogen-bond acceptors (Lipinski definition) is 1. The molecule has 1 heterocycles. The number of halogens is 2. The number of carboxylic acid groups (broad SMARTS) is 1. The maximum Gasteiger partial charge on any atom is 0.335 e. The van der Waals surface area contributed by atoms with Crippen molar-refractivity contribution in [2.24, 2.45) is 0 Å². The SMILES string of the molecule is O=C(O)c1ccc(Cn2ccc3c(Cl)cccc32)c(Br)c1. The molecule has 0 atom stereocenters. The molecule has 5 heteroatoms. The Morgan fingerprint density at radius 1 is 1.24 bits per heavy atom. The second kappa shape index (κ2) is 5.54. The molecular weight excluding hydrogens is 354 g/mol. The quantitative estimate of drug-likeness (QED) is 0.725. The molecule has 3 nitrogen and oxygen atoms in total. The van der Waals surface area contributed by atoms with Crippen LogP contribution < -0.4 is 0 Å². The number of aromatic carboxylic acids is 1. The highest BCUT2D eigenvalue weighted by atomic mass is 79.9. The number of nitrogens with zero attached hydrogens (tertiary/aromatic N) is 1. The minimum absolute atomic E-state index is 0.269. The second-order valence-corrected chi connectivity index (χ2v) is 5.99. The highest BCUT2D eigenvalue weighted by molar-refractivity contribution is 9.10. The zero-order valence-electron chi connectivity index (χ0n) is 10.9. The molecular formula is C16H11BrClNO2. The number of benzene rings is 2. The molecule has 3 aromatic rings. The Kier molecular flexibility index (Phi) is 3.74. The van der Waals surface area contributed by atoms with Gasteiger partial charge in [-0.1, -0.05) is 39.7 Å². The van der Waals surface area contributed by atoms with E-state index in [0.717, 1.165) is 26.0 Å². The van der Waals surface area contributed by atoms with Crippen LogP contribution in [0.25, 0.3) is 10.9 Å². The average Bonchev–Trinajstić information content (AvgIpc) is 2.85. The van der Waals surface area contributed by atoms with E-state index in [-0.39, 0.29) is 5.56 Å². The van der Waals surface area contributed by atoms with Crippen molar-refractivity contribution in [2.75, 3.05) is 0 Å². The first-order valence-corrected chi connectivity index (χ1v) is 7.48. The van der Waals surface area contributed by atoms with Crippen LogP contribution in [-0.2, 0) is 6.54 Å². The Labute approximate surface area is 134 Å². The van der Waals surface area contributed by atoms with Crippen molar-refractivity contribution in [1.82, 2.24) is 4.57 Å². The van der Waals surface area contributed by atoms with Gasteiger partial charge < -0.3 is 9.67 Å². The van der Waals surface area contributed by atoms with E-state index in [4.69, 9.17) is 16.7 Å². The monoisotopic (exact) mass is 363 g/mol. The Bertz CT molecular complexity index is 841. The lowest BCUT2D eigenvalue weighted by Gasteiger charge is -2.09.